The molecule has 4 aromatic rings. The summed E-state index contributed by atoms with van der Waals surface area (Å²) >= 11 is 0.990. The predicted molar refractivity (Wildman–Crippen MR) is 166 cm³/mol. The van der Waals surface area contributed by atoms with Crippen LogP contribution >= 0.6 is 22.5 Å². The zero-order valence-electron chi connectivity index (χ0n) is 23.4. The first-order valence-corrected chi connectivity index (χ1v) is 16.1. The Morgan fingerprint density at radius 3 is 2.44 bits per heavy atom. The monoisotopic (exact) mass is 589 g/mol. The van der Waals surface area contributed by atoms with E-state index in [9.17, 15) is 14.1 Å². The predicted octanol–water partition coefficient (Wildman–Crippen LogP) is 7.74. The van der Waals surface area contributed by atoms with Crippen molar-refractivity contribution in [3.8, 4) is 11.5 Å². The van der Waals surface area contributed by atoms with Crippen molar-refractivity contribution >= 4 is 43.7 Å². The van der Waals surface area contributed by atoms with Gasteiger partial charge in [0.2, 0.25) is 5.91 Å². The van der Waals surface area contributed by atoms with Crippen LogP contribution in [0.4, 0.5) is 4.79 Å². The molecule has 0 bridgehead atoms. The van der Waals surface area contributed by atoms with Crippen molar-refractivity contribution in [1.82, 2.24) is 5.32 Å². The first kappa shape index (κ1) is 29.2. The van der Waals surface area contributed by atoms with Crippen LogP contribution in [-0.4, -0.2) is 28.9 Å². The van der Waals surface area contributed by atoms with Gasteiger partial charge >= 0.3 is 0 Å². The van der Waals surface area contributed by atoms with Gasteiger partial charge in [0.15, 0.2) is 4.70 Å². The minimum absolute atomic E-state index is 0.307. The second kappa shape index (κ2) is 13.1. The standard InChI is InChI=1S/C33H35NO5S2/c1-3-10-28-29(18-17-27-24(22-41(37)30(27)28)16-15-23-11-5-4-6-12-23)39-20-8-7-19-38-26-14-9-13-25(21-26)33(2)31(35)34-32(36)40-33/h4-6,9,11-14,17-18,21-22H,3,7-8,10,15-16,19-20H2,1-2H3,(H,34,35,36). The molecular formula is C33H35NO5S2. The summed E-state index contributed by atoms with van der Waals surface area (Å²) in [4.78, 5) is 24.0. The smallest absolute Gasteiger partial charge is 0.287 e. The zero-order chi connectivity index (χ0) is 28.8. The lowest BCUT2D eigenvalue weighted by molar-refractivity contribution is -0.121. The molecule has 2 unspecified atom stereocenters. The minimum atomic E-state index is -1.16. The molecule has 2 amide bonds. The van der Waals surface area contributed by atoms with Crippen molar-refractivity contribution in [3.05, 3.63) is 94.4 Å². The Bertz CT molecular complexity index is 1530. The Morgan fingerprint density at radius 2 is 1.71 bits per heavy atom. The second-order valence-electron chi connectivity index (χ2n) is 10.4. The summed E-state index contributed by atoms with van der Waals surface area (Å²) in [6.45, 7) is 4.92. The van der Waals surface area contributed by atoms with E-state index in [2.05, 4.69) is 42.6 Å². The van der Waals surface area contributed by atoms with Gasteiger partial charge in [-0.3, -0.25) is 14.9 Å². The number of imide groups is 1. The van der Waals surface area contributed by atoms with E-state index >= 15 is 0 Å². The molecule has 0 aliphatic carbocycles. The number of thioether (sulfide) groups is 1. The Balaban J connectivity index is 1.16. The third-order valence-corrected chi connectivity index (χ3v) is 9.92. The van der Waals surface area contributed by atoms with Crippen LogP contribution in [0.15, 0.2) is 72.1 Å². The molecule has 2 atom stereocenters. The molecule has 0 saturated carbocycles. The van der Waals surface area contributed by atoms with Crippen molar-refractivity contribution in [2.45, 2.75) is 57.1 Å². The van der Waals surface area contributed by atoms with Gasteiger partial charge in [-0.25, -0.2) is 0 Å². The summed E-state index contributed by atoms with van der Waals surface area (Å²) in [5, 5.41) is 5.03. The van der Waals surface area contributed by atoms with Crippen LogP contribution in [0.5, 0.6) is 11.5 Å². The number of hydrogen-bond acceptors (Lipinski definition) is 6. The fourth-order valence-corrected chi connectivity index (χ4v) is 7.59. The average Bonchev–Trinajstić information content (AvgIpc) is 3.44. The molecule has 1 aromatic heterocycles. The number of hydrogen-bond donors (Lipinski definition) is 1. The van der Waals surface area contributed by atoms with E-state index in [0.717, 1.165) is 82.8 Å². The van der Waals surface area contributed by atoms with E-state index in [1.54, 1.807) is 6.92 Å². The summed E-state index contributed by atoms with van der Waals surface area (Å²) in [6, 6.07) is 21.9. The highest BCUT2D eigenvalue weighted by Crippen LogP contribution is 2.42. The molecule has 8 heteroatoms. The Morgan fingerprint density at radius 1 is 0.927 bits per heavy atom. The summed E-state index contributed by atoms with van der Waals surface area (Å²) < 4.78 is 25.3. The number of aryl methyl sites for hydroxylation is 3. The number of thiophene rings is 1. The highest BCUT2D eigenvalue weighted by atomic mass is 32.2. The van der Waals surface area contributed by atoms with Crippen LogP contribution in [0.25, 0.3) is 10.1 Å². The van der Waals surface area contributed by atoms with E-state index in [-0.39, 0.29) is 11.1 Å². The van der Waals surface area contributed by atoms with Gasteiger partial charge in [0, 0.05) is 10.9 Å². The summed E-state index contributed by atoms with van der Waals surface area (Å²) in [5.74, 6) is 1.18. The lowest BCUT2D eigenvalue weighted by Crippen LogP contribution is -2.31. The fraction of sp³-hybridized carbons (Fsp3) is 0.333. The maximum absolute atomic E-state index is 13.2. The number of ether oxygens (including phenoxy) is 2. The summed E-state index contributed by atoms with van der Waals surface area (Å²) in [5.41, 5.74) is 4.23. The number of benzene rings is 3. The topological polar surface area (TPSA) is 87.7 Å². The maximum Gasteiger partial charge on any atom is 0.287 e. The van der Waals surface area contributed by atoms with Gasteiger partial charge in [-0.05, 0) is 96.9 Å². The van der Waals surface area contributed by atoms with E-state index in [0.29, 0.717) is 19.0 Å². The summed E-state index contributed by atoms with van der Waals surface area (Å²) in [6.07, 6.45) is 5.15. The molecule has 5 rings (SSSR count). The van der Waals surface area contributed by atoms with Gasteiger partial charge < -0.3 is 14.0 Å². The van der Waals surface area contributed by atoms with Crippen molar-refractivity contribution < 1.29 is 23.6 Å². The van der Waals surface area contributed by atoms with Crippen molar-refractivity contribution in [2.24, 2.45) is 0 Å². The molecule has 1 N–H and O–H groups in total. The molecule has 1 aliphatic heterocycles. The number of nitrogens with one attached hydrogen (secondary N) is 1. The second-order valence-corrected chi connectivity index (χ2v) is 13.0. The van der Waals surface area contributed by atoms with Crippen LogP contribution in [0.1, 0.15) is 55.4 Å². The molecule has 0 radical (unpaired) electrons. The largest absolute Gasteiger partial charge is 0.590 e. The van der Waals surface area contributed by atoms with Gasteiger partial charge in [-0.1, -0.05) is 55.8 Å². The molecule has 3 aromatic carbocycles. The Kier molecular flexibility index (Phi) is 9.32. The van der Waals surface area contributed by atoms with Crippen molar-refractivity contribution in [3.63, 3.8) is 0 Å². The summed E-state index contributed by atoms with van der Waals surface area (Å²) in [7, 11) is -1.16. The van der Waals surface area contributed by atoms with E-state index in [4.69, 9.17) is 9.47 Å². The van der Waals surface area contributed by atoms with Crippen molar-refractivity contribution in [2.75, 3.05) is 13.2 Å². The lowest BCUT2D eigenvalue weighted by atomic mass is 9.99. The zero-order valence-corrected chi connectivity index (χ0v) is 25.1. The Hall–Kier alpha value is -3.33. The first-order valence-electron chi connectivity index (χ1n) is 14.1. The van der Waals surface area contributed by atoms with Crippen molar-refractivity contribution in [1.29, 1.82) is 0 Å². The molecule has 41 heavy (non-hydrogen) atoms. The highest BCUT2D eigenvalue weighted by Gasteiger charge is 2.45. The van der Waals surface area contributed by atoms with Gasteiger partial charge in [0.05, 0.1) is 18.8 Å². The number of rotatable bonds is 13. The molecule has 1 fully saturated rings. The number of carbonyl (C=O) groups is 2. The Labute approximate surface area is 248 Å². The van der Waals surface area contributed by atoms with Crippen LogP contribution < -0.4 is 14.8 Å². The fourth-order valence-electron chi connectivity index (χ4n) is 5.20. The minimum Gasteiger partial charge on any atom is -0.590 e. The first-order chi connectivity index (χ1) is 19.9. The normalized spacial score (nSPS) is 17.2. The van der Waals surface area contributed by atoms with Crippen LogP contribution in [0, 0.1) is 0 Å². The quantitative estimate of drug-likeness (QED) is 0.127. The average molecular weight is 590 g/mol. The molecule has 2 heterocycles. The van der Waals surface area contributed by atoms with Gasteiger partial charge in [-0.2, -0.15) is 0 Å². The number of carbonyl (C=O) groups excluding carboxylic acids is 2. The van der Waals surface area contributed by atoms with Crippen LogP contribution in [-0.2, 0) is 28.8 Å². The molecule has 1 aliphatic rings. The van der Waals surface area contributed by atoms with Crippen LogP contribution in [0.2, 0.25) is 0 Å². The molecule has 214 valence electrons. The number of fused-ring (bicyclic) bond motifs is 1. The third-order valence-electron chi connectivity index (χ3n) is 7.44. The SMILES string of the molecule is CCCc1c(OCCCCOc2cccc(C3(C)SC(=O)NC3=O)c2)ccc2c(CCc3ccccc3)c[s+]([O-])c12. The van der Waals surface area contributed by atoms with E-state index in [1.807, 2.05) is 41.8 Å². The van der Waals surface area contributed by atoms with E-state index in [1.165, 1.54) is 5.56 Å². The van der Waals surface area contributed by atoms with Gasteiger partial charge in [-0.15, -0.1) is 0 Å². The molecule has 6 nitrogen and oxygen atoms in total. The van der Waals surface area contributed by atoms with Gasteiger partial charge in [0.25, 0.3) is 5.24 Å². The molecular weight excluding hydrogens is 554 g/mol. The highest BCUT2D eigenvalue weighted by molar-refractivity contribution is 8.15. The van der Waals surface area contributed by atoms with Gasteiger partial charge in [0.1, 0.15) is 21.6 Å². The molecule has 1 saturated heterocycles. The van der Waals surface area contributed by atoms with E-state index < -0.39 is 15.5 Å². The van der Waals surface area contributed by atoms with Crippen LogP contribution in [0.3, 0.4) is 0 Å². The maximum atomic E-state index is 13.2. The lowest BCUT2D eigenvalue weighted by Gasteiger charge is -2.19. The third kappa shape index (κ3) is 6.61. The number of amides is 2. The molecule has 0 spiro atoms. The number of unbranched alkanes of at least 4 members (excludes halogenated alkanes) is 1.